The molecule has 1 aromatic heterocycles. The second-order valence-corrected chi connectivity index (χ2v) is 5.39. The molecule has 0 aliphatic carbocycles. The third-order valence-corrected chi connectivity index (χ3v) is 3.55. The van der Waals surface area contributed by atoms with E-state index in [1.165, 1.54) is 0 Å². The fraction of sp³-hybridized carbons (Fsp3) is 0.111. The van der Waals surface area contributed by atoms with Gasteiger partial charge in [0.05, 0.1) is 0 Å². The van der Waals surface area contributed by atoms with Gasteiger partial charge in [-0.3, -0.25) is 4.79 Å². The van der Waals surface area contributed by atoms with Crippen molar-refractivity contribution < 1.29 is 4.79 Å². The summed E-state index contributed by atoms with van der Waals surface area (Å²) in [4.78, 5) is 26.8. The zero-order valence-electron chi connectivity index (χ0n) is 12.7. The monoisotopic (exact) mass is 307 g/mol. The van der Waals surface area contributed by atoms with Crippen LogP contribution >= 0.6 is 0 Å². The minimum Gasteiger partial charge on any atom is -0.334 e. The molecule has 0 aliphatic rings. The minimum atomic E-state index is -0.348. The molecule has 0 bridgehead atoms. The number of hydrogen-bond acceptors (Lipinski definition) is 2. The number of H-pyrrole nitrogens is 1. The van der Waals surface area contributed by atoms with E-state index in [-0.39, 0.29) is 18.1 Å². The molecule has 23 heavy (non-hydrogen) atoms. The van der Waals surface area contributed by atoms with E-state index < -0.39 is 0 Å². The van der Waals surface area contributed by atoms with Gasteiger partial charge in [0, 0.05) is 23.3 Å². The average molecular weight is 307 g/mol. The summed E-state index contributed by atoms with van der Waals surface area (Å²) >= 11 is 0. The molecule has 0 radical (unpaired) electrons. The van der Waals surface area contributed by atoms with Gasteiger partial charge >= 0.3 is 6.03 Å². The van der Waals surface area contributed by atoms with Crippen LogP contribution in [0.3, 0.4) is 0 Å². The predicted molar refractivity (Wildman–Crippen MR) is 91.6 cm³/mol. The van der Waals surface area contributed by atoms with E-state index in [0.717, 1.165) is 16.5 Å². The predicted octanol–water partition coefficient (Wildman–Crippen LogP) is 3.16. The highest BCUT2D eigenvalue weighted by Gasteiger charge is 2.06. The normalized spacial score (nSPS) is 10.5. The minimum absolute atomic E-state index is 0.165. The standard InChI is InChI=1S/C18H17N3O2/c1-12-7-8-13-10-14(17(22)21-16(13)9-12)11-19-18(23)20-15-5-3-2-4-6-15/h2-10H,11H2,1H3,(H,21,22)(H2,19,20,23). The van der Waals surface area contributed by atoms with Crippen molar-refractivity contribution in [2.45, 2.75) is 13.5 Å². The maximum Gasteiger partial charge on any atom is 0.319 e. The van der Waals surface area contributed by atoms with E-state index in [1.807, 2.05) is 43.3 Å². The molecule has 0 aliphatic heterocycles. The first-order valence-electron chi connectivity index (χ1n) is 7.34. The topological polar surface area (TPSA) is 74.0 Å². The van der Waals surface area contributed by atoms with Gasteiger partial charge in [0.2, 0.25) is 0 Å². The number of carbonyl (C=O) groups is 1. The number of amides is 2. The molecule has 0 spiro atoms. The molecule has 2 amide bonds. The molecular weight excluding hydrogens is 290 g/mol. The van der Waals surface area contributed by atoms with Gasteiger partial charge in [0.25, 0.3) is 5.56 Å². The number of aryl methyl sites for hydroxylation is 1. The molecule has 0 fully saturated rings. The molecule has 3 aromatic rings. The summed E-state index contributed by atoms with van der Waals surface area (Å²) in [6.45, 7) is 2.14. The third-order valence-electron chi connectivity index (χ3n) is 3.55. The Morgan fingerprint density at radius 1 is 1.09 bits per heavy atom. The van der Waals surface area contributed by atoms with Crippen LogP contribution in [0.1, 0.15) is 11.1 Å². The van der Waals surface area contributed by atoms with Gasteiger partial charge in [-0.05, 0) is 42.1 Å². The van der Waals surface area contributed by atoms with Crippen LogP contribution in [-0.2, 0) is 6.54 Å². The number of para-hydroxylation sites is 1. The number of nitrogens with one attached hydrogen (secondary N) is 3. The van der Waals surface area contributed by atoms with E-state index in [1.54, 1.807) is 18.2 Å². The van der Waals surface area contributed by atoms with E-state index in [4.69, 9.17) is 0 Å². The van der Waals surface area contributed by atoms with Crippen LogP contribution in [0.5, 0.6) is 0 Å². The summed E-state index contributed by atoms with van der Waals surface area (Å²) < 4.78 is 0. The number of benzene rings is 2. The van der Waals surface area contributed by atoms with Gasteiger partial charge in [0.15, 0.2) is 0 Å². The van der Waals surface area contributed by atoms with E-state index in [2.05, 4.69) is 15.6 Å². The van der Waals surface area contributed by atoms with Gasteiger partial charge in [0.1, 0.15) is 0 Å². The Bertz CT molecular complexity index is 901. The van der Waals surface area contributed by atoms with Crippen LogP contribution < -0.4 is 16.2 Å². The molecule has 2 aromatic carbocycles. The largest absolute Gasteiger partial charge is 0.334 e. The Morgan fingerprint density at radius 2 is 1.87 bits per heavy atom. The summed E-state index contributed by atoms with van der Waals surface area (Å²) in [7, 11) is 0. The highest BCUT2D eigenvalue weighted by atomic mass is 16.2. The third kappa shape index (κ3) is 3.58. The molecule has 5 heteroatoms. The Balaban J connectivity index is 1.71. The average Bonchev–Trinajstić information content (AvgIpc) is 2.54. The maximum absolute atomic E-state index is 12.1. The van der Waals surface area contributed by atoms with Gasteiger partial charge in [-0.2, -0.15) is 0 Å². The molecule has 3 N–H and O–H groups in total. The van der Waals surface area contributed by atoms with Gasteiger partial charge in [-0.15, -0.1) is 0 Å². The maximum atomic E-state index is 12.1. The first-order valence-corrected chi connectivity index (χ1v) is 7.34. The van der Waals surface area contributed by atoms with Gasteiger partial charge < -0.3 is 15.6 Å². The molecule has 5 nitrogen and oxygen atoms in total. The van der Waals surface area contributed by atoms with Crippen molar-refractivity contribution in [3.8, 4) is 0 Å². The van der Waals surface area contributed by atoms with E-state index >= 15 is 0 Å². The Labute approximate surface area is 133 Å². The Morgan fingerprint density at radius 3 is 2.65 bits per heavy atom. The van der Waals surface area contributed by atoms with Crippen molar-refractivity contribution in [3.05, 3.63) is 76.1 Å². The van der Waals surface area contributed by atoms with Crippen molar-refractivity contribution in [2.75, 3.05) is 5.32 Å². The van der Waals surface area contributed by atoms with Crippen LogP contribution in [0.15, 0.2) is 59.4 Å². The zero-order chi connectivity index (χ0) is 16.2. The Kier molecular flexibility index (Phi) is 4.10. The van der Waals surface area contributed by atoms with Crippen molar-refractivity contribution in [2.24, 2.45) is 0 Å². The van der Waals surface area contributed by atoms with Gasteiger partial charge in [-0.1, -0.05) is 30.3 Å². The van der Waals surface area contributed by atoms with Crippen molar-refractivity contribution in [1.82, 2.24) is 10.3 Å². The summed E-state index contributed by atoms with van der Waals surface area (Å²) in [5.74, 6) is 0. The number of fused-ring (bicyclic) bond motifs is 1. The number of carbonyl (C=O) groups excluding carboxylic acids is 1. The SMILES string of the molecule is Cc1ccc2cc(CNC(=O)Nc3ccccc3)c(=O)[nH]c2c1. The summed E-state index contributed by atoms with van der Waals surface area (Å²) in [5.41, 5.74) is 2.91. The van der Waals surface area contributed by atoms with Crippen LogP contribution in [-0.4, -0.2) is 11.0 Å². The van der Waals surface area contributed by atoms with Crippen LogP contribution in [0.4, 0.5) is 10.5 Å². The number of aromatic nitrogens is 1. The zero-order valence-corrected chi connectivity index (χ0v) is 12.7. The van der Waals surface area contributed by atoms with Crippen molar-refractivity contribution in [1.29, 1.82) is 0 Å². The summed E-state index contributed by atoms with van der Waals surface area (Å²) in [6, 6.07) is 16.5. The first-order chi connectivity index (χ1) is 11.1. The number of anilines is 1. The van der Waals surface area contributed by atoms with Crippen LogP contribution in [0, 0.1) is 6.92 Å². The lowest BCUT2D eigenvalue weighted by molar-refractivity contribution is 0.251. The second-order valence-electron chi connectivity index (χ2n) is 5.39. The molecule has 0 unspecified atom stereocenters. The molecule has 3 rings (SSSR count). The molecule has 116 valence electrons. The smallest absolute Gasteiger partial charge is 0.319 e. The number of urea groups is 1. The highest BCUT2D eigenvalue weighted by Crippen LogP contribution is 2.13. The van der Waals surface area contributed by atoms with Crippen molar-refractivity contribution >= 4 is 22.6 Å². The lowest BCUT2D eigenvalue weighted by Gasteiger charge is -2.08. The van der Waals surface area contributed by atoms with E-state index in [0.29, 0.717) is 11.3 Å². The number of hydrogen-bond donors (Lipinski definition) is 3. The fourth-order valence-electron chi connectivity index (χ4n) is 2.36. The second kappa shape index (κ2) is 6.36. The van der Waals surface area contributed by atoms with Crippen LogP contribution in [0.2, 0.25) is 0 Å². The highest BCUT2D eigenvalue weighted by molar-refractivity contribution is 5.89. The number of rotatable bonds is 3. The number of pyridine rings is 1. The lowest BCUT2D eigenvalue weighted by atomic mass is 10.1. The molecule has 0 saturated carbocycles. The van der Waals surface area contributed by atoms with E-state index in [9.17, 15) is 9.59 Å². The van der Waals surface area contributed by atoms with Crippen LogP contribution in [0.25, 0.3) is 10.9 Å². The number of aromatic amines is 1. The lowest BCUT2D eigenvalue weighted by Crippen LogP contribution is -2.30. The summed E-state index contributed by atoms with van der Waals surface area (Å²) in [5, 5.41) is 6.35. The summed E-state index contributed by atoms with van der Waals surface area (Å²) in [6.07, 6.45) is 0. The van der Waals surface area contributed by atoms with Gasteiger partial charge in [-0.25, -0.2) is 4.79 Å². The first kappa shape index (κ1) is 14.8. The molecular formula is C18H17N3O2. The molecule has 0 saturated heterocycles. The molecule has 1 heterocycles. The Hall–Kier alpha value is -3.08. The molecule has 0 atom stereocenters. The quantitative estimate of drug-likeness (QED) is 0.695. The fourth-order valence-corrected chi connectivity index (χ4v) is 2.36. The van der Waals surface area contributed by atoms with Crippen molar-refractivity contribution in [3.63, 3.8) is 0 Å².